The van der Waals surface area contributed by atoms with Crippen LogP contribution in [0.4, 0.5) is 0 Å². The summed E-state index contributed by atoms with van der Waals surface area (Å²) >= 11 is 1.77. The monoisotopic (exact) mass is 227 g/mol. The summed E-state index contributed by atoms with van der Waals surface area (Å²) in [6.07, 6.45) is 3.14. The molecular weight excluding hydrogens is 206 g/mol. The molecule has 0 radical (unpaired) electrons. The van der Waals surface area contributed by atoms with Gasteiger partial charge in [0.2, 0.25) is 0 Å². The fourth-order valence-corrected chi connectivity index (χ4v) is 2.62. The van der Waals surface area contributed by atoms with Crippen LogP contribution in [0.2, 0.25) is 0 Å². The van der Waals surface area contributed by atoms with Gasteiger partial charge in [-0.2, -0.15) is 0 Å². The molecule has 0 bridgehead atoms. The molecule has 0 spiro atoms. The molecule has 0 amide bonds. The highest BCUT2D eigenvalue weighted by Gasteiger charge is 2.29. The normalized spacial score (nSPS) is 14.2. The van der Waals surface area contributed by atoms with Crippen LogP contribution in [0.15, 0.2) is 6.20 Å². The molecule has 1 aromatic heterocycles. The van der Waals surface area contributed by atoms with E-state index in [0.717, 1.165) is 18.0 Å². The molecule has 1 heterocycles. The first-order valence-electron chi connectivity index (χ1n) is 5.55. The molecule has 1 rings (SSSR count). The molecular formula is C12H21NOS. The second-order valence-corrected chi connectivity index (χ2v) is 5.87. The maximum absolute atomic E-state index is 5.80. The van der Waals surface area contributed by atoms with Crippen molar-refractivity contribution in [3.05, 3.63) is 16.1 Å². The minimum atomic E-state index is 0.110. The molecule has 2 nitrogen and oxygen atoms in total. The van der Waals surface area contributed by atoms with Gasteiger partial charge in [0.05, 0.1) is 0 Å². The second-order valence-electron chi connectivity index (χ2n) is 4.72. The molecule has 0 N–H and O–H groups in total. The zero-order chi connectivity index (χ0) is 11.5. The maximum Gasteiger partial charge on any atom is 0.122 e. The van der Waals surface area contributed by atoms with E-state index in [1.54, 1.807) is 11.3 Å². The molecule has 0 fully saturated rings. The molecule has 1 aromatic rings. The van der Waals surface area contributed by atoms with Crippen LogP contribution in [-0.4, -0.2) is 11.6 Å². The van der Waals surface area contributed by atoms with Crippen molar-refractivity contribution in [3.8, 4) is 0 Å². The lowest BCUT2D eigenvalue weighted by atomic mass is 9.89. The number of nitrogens with zero attached hydrogens (tertiary/aromatic N) is 1. The zero-order valence-corrected chi connectivity index (χ0v) is 11.1. The summed E-state index contributed by atoms with van der Waals surface area (Å²) in [5, 5.41) is 1.11. The van der Waals surface area contributed by atoms with Crippen molar-refractivity contribution in [3.63, 3.8) is 0 Å². The summed E-state index contributed by atoms with van der Waals surface area (Å²) in [5.74, 6) is 0. The van der Waals surface area contributed by atoms with E-state index < -0.39 is 0 Å². The lowest BCUT2D eigenvalue weighted by Gasteiger charge is -2.28. The molecule has 0 saturated carbocycles. The highest BCUT2D eigenvalue weighted by atomic mass is 32.1. The molecule has 15 heavy (non-hydrogen) atoms. The van der Waals surface area contributed by atoms with Gasteiger partial charge in [0.25, 0.3) is 0 Å². The average Bonchev–Trinajstić information content (AvgIpc) is 2.60. The first-order chi connectivity index (χ1) is 6.99. The van der Waals surface area contributed by atoms with E-state index in [9.17, 15) is 0 Å². The van der Waals surface area contributed by atoms with Crippen molar-refractivity contribution in [1.29, 1.82) is 0 Å². The number of aromatic nitrogens is 1. The SMILES string of the molecule is CCOC(c1ncc(CC)s1)C(C)(C)C. The number of hydrogen-bond acceptors (Lipinski definition) is 3. The largest absolute Gasteiger partial charge is 0.371 e. The Morgan fingerprint density at radius 1 is 1.40 bits per heavy atom. The van der Waals surface area contributed by atoms with Crippen LogP contribution < -0.4 is 0 Å². The molecule has 1 unspecified atom stereocenters. The van der Waals surface area contributed by atoms with Gasteiger partial charge in [-0.3, -0.25) is 0 Å². The van der Waals surface area contributed by atoms with Crippen molar-refractivity contribution in [2.45, 2.75) is 47.1 Å². The maximum atomic E-state index is 5.80. The molecule has 86 valence electrons. The van der Waals surface area contributed by atoms with Crippen LogP contribution in [0.1, 0.15) is 50.6 Å². The third-order valence-corrected chi connectivity index (χ3v) is 3.45. The number of ether oxygens (including phenoxy) is 1. The van der Waals surface area contributed by atoms with Crippen LogP contribution in [0.3, 0.4) is 0 Å². The highest BCUT2D eigenvalue weighted by molar-refractivity contribution is 7.11. The van der Waals surface area contributed by atoms with E-state index >= 15 is 0 Å². The smallest absolute Gasteiger partial charge is 0.122 e. The van der Waals surface area contributed by atoms with Crippen LogP contribution in [0.5, 0.6) is 0 Å². The topological polar surface area (TPSA) is 22.1 Å². The molecule has 0 aliphatic heterocycles. The third-order valence-electron chi connectivity index (χ3n) is 2.26. The van der Waals surface area contributed by atoms with Gasteiger partial charge >= 0.3 is 0 Å². The summed E-state index contributed by atoms with van der Waals surface area (Å²) in [7, 11) is 0. The number of hydrogen-bond donors (Lipinski definition) is 0. The van der Waals surface area contributed by atoms with E-state index in [1.807, 2.05) is 13.1 Å². The molecule has 0 saturated heterocycles. The van der Waals surface area contributed by atoms with Gasteiger partial charge in [0.15, 0.2) is 0 Å². The van der Waals surface area contributed by atoms with Gasteiger partial charge < -0.3 is 4.74 Å². The quantitative estimate of drug-likeness (QED) is 0.780. The Hall–Kier alpha value is -0.410. The summed E-state index contributed by atoms with van der Waals surface area (Å²) in [6, 6.07) is 0. The fraction of sp³-hybridized carbons (Fsp3) is 0.750. The van der Waals surface area contributed by atoms with Crippen molar-refractivity contribution in [2.75, 3.05) is 6.61 Å². The number of aryl methyl sites for hydroxylation is 1. The first kappa shape index (κ1) is 12.7. The summed E-state index contributed by atoms with van der Waals surface area (Å²) in [6.45, 7) is 11.5. The molecule has 0 aliphatic rings. The van der Waals surface area contributed by atoms with Crippen molar-refractivity contribution >= 4 is 11.3 Å². The lowest BCUT2D eigenvalue weighted by molar-refractivity contribution is -0.0133. The van der Waals surface area contributed by atoms with E-state index in [2.05, 4.69) is 32.7 Å². The Morgan fingerprint density at radius 2 is 2.07 bits per heavy atom. The molecule has 3 heteroatoms. The van der Waals surface area contributed by atoms with Crippen molar-refractivity contribution in [2.24, 2.45) is 5.41 Å². The van der Waals surface area contributed by atoms with E-state index in [0.29, 0.717) is 0 Å². The predicted octanol–water partition coefficient (Wildman–Crippen LogP) is 3.83. The molecule has 0 aliphatic carbocycles. The van der Waals surface area contributed by atoms with Crippen molar-refractivity contribution in [1.82, 2.24) is 4.98 Å². The number of rotatable bonds is 4. The summed E-state index contributed by atoms with van der Waals surface area (Å²) in [5.41, 5.74) is 0.110. The second kappa shape index (κ2) is 5.08. The average molecular weight is 227 g/mol. The van der Waals surface area contributed by atoms with Gasteiger partial charge in [-0.05, 0) is 18.8 Å². The van der Waals surface area contributed by atoms with Gasteiger partial charge in [-0.15, -0.1) is 11.3 Å². The Balaban J connectivity index is 2.88. The minimum absolute atomic E-state index is 0.110. The van der Waals surface area contributed by atoms with Crippen LogP contribution in [-0.2, 0) is 11.2 Å². The third kappa shape index (κ3) is 3.28. The Kier molecular flexibility index (Phi) is 4.29. The van der Waals surface area contributed by atoms with E-state index in [-0.39, 0.29) is 11.5 Å². The molecule has 0 aromatic carbocycles. The predicted molar refractivity (Wildman–Crippen MR) is 65.3 cm³/mol. The summed E-state index contributed by atoms with van der Waals surface area (Å²) in [4.78, 5) is 5.80. The van der Waals surface area contributed by atoms with Gasteiger partial charge in [0, 0.05) is 17.7 Å². The first-order valence-corrected chi connectivity index (χ1v) is 6.36. The van der Waals surface area contributed by atoms with Gasteiger partial charge in [0.1, 0.15) is 11.1 Å². The molecule has 1 atom stereocenters. The van der Waals surface area contributed by atoms with Gasteiger partial charge in [-0.25, -0.2) is 4.98 Å². The van der Waals surface area contributed by atoms with Crippen molar-refractivity contribution < 1.29 is 4.74 Å². The van der Waals surface area contributed by atoms with Crippen LogP contribution >= 0.6 is 11.3 Å². The Morgan fingerprint density at radius 3 is 2.47 bits per heavy atom. The minimum Gasteiger partial charge on any atom is -0.371 e. The van der Waals surface area contributed by atoms with Crippen LogP contribution in [0, 0.1) is 5.41 Å². The fourth-order valence-electron chi connectivity index (χ4n) is 1.47. The Labute approximate surface area is 96.7 Å². The standard InChI is InChI=1S/C12H21NOS/c1-6-9-8-13-11(15-9)10(14-7-2)12(3,4)5/h8,10H,6-7H2,1-5H3. The zero-order valence-electron chi connectivity index (χ0n) is 10.3. The Bertz CT molecular complexity index is 301. The number of thiazole rings is 1. The summed E-state index contributed by atoms with van der Waals surface area (Å²) < 4.78 is 5.80. The van der Waals surface area contributed by atoms with E-state index in [1.165, 1.54) is 4.88 Å². The van der Waals surface area contributed by atoms with Crippen LogP contribution in [0.25, 0.3) is 0 Å². The van der Waals surface area contributed by atoms with E-state index in [4.69, 9.17) is 4.74 Å². The highest BCUT2D eigenvalue weighted by Crippen LogP contribution is 2.37. The lowest BCUT2D eigenvalue weighted by Crippen LogP contribution is -2.21. The van der Waals surface area contributed by atoms with Gasteiger partial charge in [-0.1, -0.05) is 27.7 Å².